The van der Waals surface area contributed by atoms with Gasteiger partial charge in [-0.3, -0.25) is 0 Å². The van der Waals surface area contributed by atoms with Gasteiger partial charge in [0.15, 0.2) is 0 Å². The van der Waals surface area contributed by atoms with E-state index in [4.69, 9.17) is 0 Å². The standard InChI is InChI=1S/C9H15NS/c1-4-9(3,5-2)8-10-6-7-11-8/h6-7H,4-5H2,1-3H3. The van der Waals surface area contributed by atoms with Crippen molar-refractivity contribution in [1.82, 2.24) is 4.98 Å². The first kappa shape index (κ1) is 8.72. The third kappa shape index (κ3) is 1.62. The largest absolute Gasteiger partial charge is 0.249 e. The fourth-order valence-electron chi connectivity index (χ4n) is 1.07. The number of rotatable bonds is 3. The Labute approximate surface area is 72.5 Å². The molecule has 0 aliphatic carbocycles. The Balaban J connectivity index is 2.87. The Morgan fingerprint density at radius 2 is 2.09 bits per heavy atom. The molecule has 0 N–H and O–H groups in total. The van der Waals surface area contributed by atoms with E-state index in [2.05, 4.69) is 31.1 Å². The highest BCUT2D eigenvalue weighted by molar-refractivity contribution is 7.09. The third-order valence-electron chi connectivity index (χ3n) is 2.51. The molecule has 0 atom stereocenters. The molecule has 0 radical (unpaired) electrons. The Hall–Kier alpha value is -0.370. The van der Waals surface area contributed by atoms with E-state index in [1.807, 2.05) is 6.20 Å². The molecule has 0 spiro atoms. The van der Waals surface area contributed by atoms with Gasteiger partial charge >= 0.3 is 0 Å². The summed E-state index contributed by atoms with van der Waals surface area (Å²) in [6.45, 7) is 6.74. The van der Waals surface area contributed by atoms with Crippen LogP contribution < -0.4 is 0 Å². The van der Waals surface area contributed by atoms with E-state index in [1.165, 1.54) is 17.8 Å². The molecule has 1 aromatic rings. The molecule has 0 aromatic carbocycles. The fraction of sp³-hybridized carbons (Fsp3) is 0.667. The molecule has 2 heteroatoms. The van der Waals surface area contributed by atoms with Gasteiger partial charge < -0.3 is 0 Å². The lowest BCUT2D eigenvalue weighted by Gasteiger charge is -2.23. The maximum Gasteiger partial charge on any atom is 0.0983 e. The van der Waals surface area contributed by atoms with E-state index in [9.17, 15) is 0 Å². The summed E-state index contributed by atoms with van der Waals surface area (Å²) >= 11 is 1.77. The van der Waals surface area contributed by atoms with Crippen LogP contribution >= 0.6 is 11.3 Å². The van der Waals surface area contributed by atoms with Gasteiger partial charge in [0, 0.05) is 17.0 Å². The summed E-state index contributed by atoms with van der Waals surface area (Å²) in [6.07, 6.45) is 4.25. The maximum absolute atomic E-state index is 4.35. The van der Waals surface area contributed by atoms with Gasteiger partial charge in [-0.05, 0) is 12.8 Å². The van der Waals surface area contributed by atoms with Crippen molar-refractivity contribution in [3.05, 3.63) is 16.6 Å². The van der Waals surface area contributed by atoms with Gasteiger partial charge in [-0.2, -0.15) is 0 Å². The van der Waals surface area contributed by atoms with Crippen molar-refractivity contribution in [2.24, 2.45) is 0 Å². The van der Waals surface area contributed by atoms with Crippen molar-refractivity contribution >= 4 is 11.3 Å². The zero-order valence-corrected chi connectivity index (χ0v) is 8.24. The van der Waals surface area contributed by atoms with Crippen molar-refractivity contribution in [1.29, 1.82) is 0 Å². The van der Waals surface area contributed by atoms with Crippen LogP contribution in [-0.2, 0) is 5.41 Å². The SMILES string of the molecule is CCC(C)(CC)c1nccs1. The van der Waals surface area contributed by atoms with Crippen molar-refractivity contribution in [3.63, 3.8) is 0 Å². The average Bonchev–Trinajstić information content (AvgIpc) is 2.55. The zero-order valence-electron chi connectivity index (χ0n) is 7.42. The molecule has 11 heavy (non-hydrogen) atoms. The zero-order chi connectivity index (χ0) is 8.32. The predicted octanol–water partition coefficient (Wildman–Crippen LogP) is 3.22. The third-order valence-corrected chi connectivity index (χ3v) is 3.59. The van der Waals surface area contributed by atoms with Gasteiger partial charge in [0.2, 0.25) is 0 Å². The quantitative estimate of drug-likeness (QED) is 0.677. The van der Waals surface area contributed by atoms with Crippen molar-refractivity contribution in [3.8, 4) is 0 Å². The summed E-state index contributed by atoms with van der Waals surface area (Å²) in [5.41, 5.74) is 0.314. The highest BCUT2D eigenvalue weighted by Crippen LogP contribution is 2.31. The summed E-state index contributed by atoms with van der Waals surface area (Å²) in [6, 6.07) is 0. The summed E-state index contributed by atoms with van der Waals surface area (Å²) < 4.78 is 0. The number of thiazole rings is 1. The first-order valence-electron chi connectivity index (χ1n) is 4.13. The lowest BCUT2D eigenvalue weighted by molar-refractivity contribution is 0.436. The Morgan fingerprint density at radius 3 is 2.45 bits per heavy atom. The molecule has 0 aliphatic rings. The lowest BCUT2D eigenvalue weighted by atomic mass is 9.86. The van der Waals surface area contributed by atoms with E-state index in [-0.39, 0.29) is 0 Å². The van der Waals surface area contributed by atoms with Gasteiger partial charge in [-0.25, -0.2) is 4.98 Å². The molecule has 62 valence electrons. The van der Waals surface area contributed by atoms with Crippen LogP contribution in [0.1, 0.15) is 38.6 Å². The molecule has 0 aliphatic heterocycles. The minimum atomic E-state index is 0.314. The molecule has 0 saturated carbocycles. The normalized spacial score (nSPS) is 11.9. The smallest absolute Gasteiger partial charge is 0.0983 e. The fourth-order valence-corrected chi connectivity index (χ4v) is 2.02. The summed E-state index contributed by atoms with van der Waals surface area (Å²) in [4.78, 5) is 4.35. The number of hydrogen-bond donors (Lipinski definition) is 0. The van der Waals surface area contributed by atoms with Crippen LogP contribution in [0.5, 0.6) is 0 Å². The topological polar surface area (TPSA) is 12.9 Å². The maximum atomic E-state index is 4.35. The lowest BCUT2D eigenvalue weighted by Crippen LogP contribution is -2.18. The molecule has 1 nitrogen and oxygen atoms in total. The highest BCUT2D eigenvalue weighted by atomic mass is 32.1. The minimum Gasteiger partial charge on any atom is -0.249 e. The number of aromatic nitrogens is 1. The number of nitrogens with zero attached hydrogens (tertiary/aromatic N) is 1. The van der Waals surface area contributed by atoms with E-state index in [0.29, 0.717) is 5.41 Å². The summed E-state index contributed by atoms with van der Waals surface area (Å²) in [5, 5.41) is 3.33. The molecule has 0 amide bonds. The summed E-state index contributed by atoms with van der Waals surface area (Å²) in [7, 11) is 0. The van der Waals surface area contributed by atoms with E-state index >= 15 is 0 Å². The van der Waals surface area contributed by atoms with Crippen LogP contribution in [0, 0.1) is 0 Å². The Bertz CT molecular complexity index is 199. The van der Waals surface area contributed by atoms with Gasteiger partial charge in [0.1, 0.15) is 0 Å². The van der Waals surface area contributed by atoms with E-state index < -0.39 is 0 Å². The molecular formula is C9H15NS. The van der Waals surface area contributed by atoms with E-state index in [0.717, 1.165) is 0 Å². The van der Waals surface area contributed by atoms with Crippen molar-refractivity contribution < 1.29 is 0 Å². The first-order chi connectivity index (χ1) is 5.23. The van der Waals surface area contributed by atoms with E-state index in [1.54, 1.807) is 11.3 Å². The molecule has 1 heterocycles. The van der Waals surface area contributed by atoms with Gasteiger partial charge in [0.05, 0.1) is 5.01 Å². The van der Waals surface area contributed by atoms with Gasteiger partial charge in [0.25, 0.3) is 0 Å². The second-order valence-corrected chi connectivity index (χ2v) is 4.00. The van der Waals surface area contributed by atoms with Crippen LogP contribution in [0.25, 0.3) is 0 Å². The second-order valence-electron chi connectivity index (χ2n) is 3.11. The minimum absolute atomic E-state index is 0.314. The number of hydrogen-bond acceptors (Lipinski definition) is 2. The van der Waals surface area contributed by atoms with Crippen LogP contribution in [0.3, 0.4) is 0 Å². The second kappa shape index (κ2) is 3.35. The molecular weight excluding hydrogens is 154 g/mol. The van der Waals surface area contributed by atoms with Crippen LogP contribution in [0.2, 0.25) is 0 Å². The first-order valence-corrected chi connectivity index (χ1v) is 5.01. The van der Waals surface area contributed by atoms with Crippen molar-refractivity contribution in [2.75, 3.05) is 0 Å². The molecule has 1 aromatic heterocycles. The Morgan fingerprint density at radius 1 is 1.45 bits per heavy atom. The van der Waals surface area contributed by atoms with Crippen LogP contribution in [0.15, 0.2) is 11.6 Å². The molecule has 0 bridgehead atoms. The van der Waals surface area contributed by atoms with Crippen LogP contribution in [-0.4, -0.2) is 4.98 Å². The highest BCUT2D eigenvalue weighted by Gasteiger charge is 2.24. The van der Waals surface area contributed by atoms with Gasteiger partial charge in [-0.15, -0.1) is 11.3 Å². The predicted molar refractivity (Wildman–Crippen MR) is 50.0 cm³/mol. The monoisotopic (exact) mass is 169 g/mol. The average molecular weight is 169 g/mol. The molecule has 1 rings (SSSR count). The molecule has 0 unspecified atom stereocenters. The Kier molecular flexibility index (Phi) is 2.66. The van der Waals surface area contributed by atoms with Crippen molar-refractivity contribution in [2.45, 2.75) is 39.0 Å². The van der Waals surface area contributed by atoms with Crippen LogP contribution in [0.4, 0.5) is 0 Å². The van der Waals surface area contributed by atoms with Gasteiger partial charge in [-0.1, -0.05) is 20.8 Å². The molecule has 0 fully saturated rings. The molecule has 0 saturated heterocycles. The summed E-state index contributed by atoms with van der Waals surface area (Å²) in [5.74, 6) is 0.